The molecule has 6 nitrogen and oxygen atoms in total. The molecule has 4 atom stereocenters. The van der Waals surface area contributed by atoms with Crippen molar-refractivity contribution in [3.8, 4) is 0 Å². The van der Waals surface area contributed by atoms with Crippen molar-refractivity contribution in [2.45, 2.75) is 30.1 Å². The Kier molecular flexibility index (Phi) is 6.03. The lowest BCUT2D eigenvalue weighted by Gasteiger charge is -2.29. The van der Waals surface area contributed by atoms with E-state index in [1.54, 1.807) is 12.4 Å². The first-order chi connectivity index (χ1) is 14.6. The number of hydrogen-bond donors (Lipinski definition) is 1. The molecular weight excluding hydrogens is 398 g/mol. The van der Waals surface area contributed by atoms with Gasteiger partial charge in [-0.05, 0) is 36.2 Å². The number of nitrogens with one attached hydrogen (secondary N) is 1. The number of methoxy groups -OCH3 is 1. The summed E-state index contributed by atoms with van der Waals surface area (Å²) in [5.41, 5.74) is 2.80. The standard InChI is InChI=1S/C23H23N3O3S/c1-16-10-12-19(13-11-16)30(28)26-21(18-9-6-14-24-15-18)20(23(27)29-2)25-22(26)17-7-4-3-5-8-17/h3-15,20-22,25H,1-2H3/t20-,21+,22-,30-/m0/s1. The maximum absolute atomic E-state index is 13.8. The minimum Gasteiger partial charge on any atom is -0.468 e. The predicted octanol–water partition coefficient (Wildman–Crippen LogP) is 3.30. The third kappa shape index (κ3) is 3.92. The van der Waals surface area contributed by atoms with E-state index in [0.29, 0.717) is 4.90 Å². The van der Waals surface area contributed by atoms with Gasteiger partial charge >= 0.3 is 5.97 Å². The molecule has 30 heavy (non-hydrogen) atoms. The molecule has 1 aliphatic rings. The number of hydrogen-bond acceptors (Lipinski definition) is 5. The normalized spacial score (nSPS) is 22.5. The van der Waals surface area contributed by atoms with Crippen LogP contribution >= 0.6 is 0 Å². The zero-order chi connectivity index (χ0) is 21.1. The summed E-state index contributed by atoms with van der Waals surface area (Å²) in [5, 5.41) is 3.35. The van der Waals surface area contributed by atoms with Crippen molar-refractivity contribution in [2.75, 3.05) is 7.11 Å². The molecule has 0 bridgehead atoms. The maximum atomic E-state index is 13.8. The summed E-state index contributed by atoms with van der Waals surface area (Å²) in [7, 11) is -0.170. The molecule has 0 saturated carbocycles. The van der Waals surface area contributed by atoms with E-state index in [4.69, 9.17) is 4.74 Å². The first-order valence-corrected chi connectivity index (χ1v) is 10.8. The summed E-state index contributed by atoms with van der Waals surface area (Å²) in [5.74, 6) is -0.409. The van der Waals surface area contributed by atoms with Crippen LogP contribution in [-0.2, 0) is 20.5 Å². The lowest BCUT2D eigenvalue weighted by molar-refractivity contribution is -0.143. The minimum atomic E-state index is -1.53. The summed E-state index contributed by atoms with van der Waals surface area (Å²) in [6, 6.07) is 19.8. The molecule has 0 spiro atoms. The van der Waals surface area contributed by atoms with Gasteiger partial charge in [0.25, 0.3) is 0 Å². The van der Waals surface area contributed by atoms with Gasteiger partial charge < -0.3 is 4.74 Å². The predicted molar refractivity (Wildman–Crippen MR) is 115 cm³/mol. The van der Waals surface area contributed by atoms with Crippen LogP contribution in [0.2, 0.25) is 0 Å². The Morgan fingerprint density at radius 1 is 1.03 bits per heavy atom. The first kappa shape index (κ1) is 20.4. The molecule has 2 heterocycles. The van der Waals surface area contributed by atoms with E-state index in [0.717, 1.165) is 16.7 Å². The van der Waals surface area contributed by atoms with Crippen molar-refractivity contribution in [3.05, 3.63) is 95.8 Å². The highest BCUT2D eigenvalue weighted by Gasteiger charge is 2.49. The van der Waals surface area contributed by atoms with E-state index in [2.05, 4.69) is 10.3 Å². The number of pyridine rings is 1. The zero-order valence-corrected chi connectivity index (χ0v) is 17.6. The lowest BCUT2D eigenvalue weighted by atomic mass is 10.0. The molecule has 1 N–H and O–H groups in total. The van der Waals surface area contributed by atoms with Crippen molar-refractivity contribution < 1.29 is 13.7 Å². The van der Waals surface area contributed by atoms with Crippen LogP contribution in [0.25, 0.3) is 0 Å². The van der Waals surface area contributed by atoms with Gasteiger partial charge in [0.05, 0.1) is 24.2 Å². The molecule has 4 rings (SSSR count). The number of esters is 1. The molecule has 1 aliphatic heterocycles. The largest absolute Gasteiger partial charge is 0.468 e. The first-order valence-electron chi connectivity index (χ1n) is 9.66. The summed E-state index contributed by atoms with van der Waals surface area (Å²) < 4.78 is 20.7. The fourth-order valence-electron chi connectivity index (χ4n) is 3.71. The van der Waals surface area contributed by atoms with Crippen LogP contribution < -0.4 is 5.32 Å². The maximum Gasteiger partial charge on any atom is 0.324 e. The molecule has 0 aliphatic carbocycles. The van der Waals surface area contributed by atoms with Gasteiger partial charge in [0.1, 0.15) is 17.0 Å². The Bertz CT molecular complexity index is 1030. The van der Waals surface area contributed by atoms with E-state index in [-0.39, 0.29) is 0 Å². The third-order valence-corrected chi connectivity index (χ3v) is 6.69. The molecule has 1 saturated heterocycles. The Morgan fingerprint density at radius 2 is 1.73 bits per heavy atom. The fourth-order valence-corrected chi connectivity index (χ4v) is 5.15. The van der Waals surface area contributed by atoms with Crippen LogP contribution in [0.1, 0.15) is 28.9 Å². The number of nitrogens with zero attached hydrogens (tertiary/aromatic N) is 2. The Balaban J connectivity index is 1.84. The minimum absolute atomic E-state index is 0.409. The second-order valence-corrected chi connectivity index (χ2v) is 8.53. The van der Waals surface area contributed by atoms with E-state index in [1.165, 1.54) is 7.11 Å². The van der Waals surface area contributed by atoms with Crippen LogP contribution in [0.5, 0.6) is 0 Å². The van der Waals surface area contributed by atoms with Gasteiger partial charge in [-0.2, -0.15) is 4.31 Å². The van der Waals surface area contributed by atoms with E-state index in [9.17, 15) is 9.00 Å². The van der Waals surface area contributed by atoms with Crippen LogP contribution in [0, 0.1) is 6.92 Å². The molecule has 0 amide bonds. The van der Waals surface area contributed by atoms with Gasteiger partial charge in [0.15, 0.2) is 0 Å². The molecule has 3 aromatic rings. The summed E-state index contributed by atoms with van der Waals surface area (Å²) in [6.45, 7) is 1.99. The highest BCUT2D eigenvalue weighted by atomic mass is 32.2. The van der Waals surface area contributed by atoms with Crippen LogP contribution in [0.3, 0.4) is 0 Å². The SMILES string of the molecule is COC(=O)[C@H]1N[C@H](c2ccccc2)N([S@@](=O)c2ccc(C)cc2)[C@@H]1c1cccnc1. The number of carbonyl (C=O) groups excluding carboxylic acids is 1. The van der Waals surface area contributed by atoms with Crippen LogP contribution in [0.4, 0.5) is 0 Å². The molecule has 1 fully saturated rings. The van der Waals surface area contributed by atoms with Gasteiger partial charge in [0, 0.05) is 12.4 Å². The van der Waals surface area contributed by atoms with Crippen molar-refractivity contribution in [2.24, 2.45) is 0 Å². The van der Waals surface area contributed by atoms with E-state index < -0.39 is 35.2 Å². The second-order valence-electron chi connectivity index (χ2n) is 7.13. The van der Waals surface area contributed by atoms with Gasteiger partial charge in [-0.1, -0.05) is 54.1 Å². The second kappa shape index (κ2) is 8.87. The zero-order valence-electron chi connectivity index (χ0n) is 16.8. The van der Waals surface area contributed by atoms with E-state index in [1.807, 2.05) is 78.0 Å². The van der Waals surface area contributed by atoms with Crippen LogP contribution in [-0.4, -0.2) is 32.6 Å². The lowest BCUT2D eigenvalue weighted by Crippen LogP contribution is -2.37. The van der Waals surface area contributed by atoms with Gasteiger partial charge in [-0.15, -0.1) is 0 Å². The van der Waals surface area contributed by atoms with E-state index >= 15 is 0 Å². The van der Waals surface area contributed by atoms with Crippen molar-refractivity contribution in [3.63, 3.8) is 0 Å². The number of aromatic nitrogens is 1. The quantitative estimate of drug-likeness (QED) is 0.640. The fraction of sp³-hybridized carbons (Fsp3) is 0.217. The number of benzene rings is 2. The van der Waals surface area contributed by atoms with Gasteiger partial charge in [-0.3, -0.25) is 15.1 Å². The highest BCUT2D eigenvalue weighted by molar-refractivity contribution is 7.82. The van der Waals surface area contributed by atoms with Crippen molar-refractivity contribution in [1.29, 1.82) is 0 Å². The third-order valence-electron chi connectivity index (χ3n) is 5.19. The Hall–Kier alpha value is -2.87. The van der Waals surface area contributed by atoms with Crippen LogP contribution in [0.15, 0.2) is 84.0 Å². The average molecular weight is 422 g/mol. The molecule has 7 heteroatoms. The number of carbonyl (C=O) groups is 1. The molecule has 2 aromatic carbocycles. The molecular formula is C23H23N3O3S. The monoisotopic (exact) mass is 421 g/mol. The number of aryl methyl sites for hydroxylation is 1. The molecule has 1 aromatic heterocycles. The topological polar surface area (TPSA) is 71.5 Å². The molecule has 0 unspecified atom stereocenters. The smallest absolute Gasteiger partial charge is 0.324 e. The summed E-state index contributed by atoms with van der Waals surface area (Å²) in [6.07, 6.45) is 2.94. The average Bonchev–Trinajstić information content (AvgIpc) is 3.20. The Labute approximate surface area is 178 Å². The molecule has 154 valence electrons. The van der Waals surface area contributed by atoms with Gasteiger partial charge in [0.2, 0.25) is 0 Å². The highest BCUT2D eigenvalue weighted by Crippen LogP contribution is 2.41. The van der Waals surface area contributed by atoms with Crippen molar-refractivity contribution in [1.82, 2.24) is 14.6 Å². The number of ether oxygens (including phenoxy) is 1. The summed E-state index contributed by atoms with van der Waals surface area (Å²) in [4.78, 5) is 17.6. The summed E-state index contributed by atoms with van der Waals surface area (Å²) >= 11 is 0. The molecule has 0 radical (unpaired) electrons. The Morgan fingerprint density at radius 3 is 2.37 bits per heavy atom. The number of rotatable bonds is 5. The van der Waals surface area contributed by atoms with Gasteiger partial charge in [-0.25, -0.2) is 4.21 Å². The van der Waals surface area contributed by atoms with Crippen molar-refractivity contribution >= 4 is 17.0 Å².